The minimum absolute atomic E-state index is 0.0343. The van der Waals surface area contributed by atoms with Crippen molar-refractivity contribution in [2.75, 3.05) is 12.0 Å². The minimum atomic E-state index is -1.01. The summed E-state index contributed by atoms with van der Waals surface area (Å²) >= 11 is 1.57. The van der Waals surface area contributed by atoms with E-state index in [1.54, 1.807) is 11.8 Å². The summed E-state index contributed by atoms with van der Waals surface area (Å²) in [5.74, 6) is -0.694. The van der Waals surface area contributed by atoms with Gasteiger partial charge in [0.2, 0.25) is 0 Å². The minimum Gasteiger partial charge on any atom is -0.480 e. The molecule has 0 saturated heterocycles. The molecule has 5 nitrogen and oxygen atoms in total. The SMILES string of the molecule is CSCC[C@H](NC(=O)c1ccc(CN(C2CC2)C(C)(C)Cc2ccccc2)cc1-c1ccccc1C)C(=O)O. The molecule has 3 aromatic carbocycles. The number of benzene rings is 3. The molecule has 4 rings (SSSR count). The first-order valence-corrected chi connectivity index (χ1v) is 15.1. The third-order valence-corrected chi connectivity index (χ3v) is 8.22. The lowest BCUT2D eigenvalue weighted by molar-refractivity contribution is -0.139. The number of aliphatic carboxylic acids is 1. The average molecular weight is 545 g/mol. The van der Waals surface area contributed by atoms with Crippen LogP contribution in [0, 0.1) is 6.92 Å². The van der Waals surface area contributed by atoms with Crippen LogP contribution in [0.1, 0.15) is 60.2 Å². The zero-order valence-electron chi connectivity index (χ0n) is 23.4. The van der Waals surface area contributed by atoms with Crippen molar-refractivity contribution in [3.05, 3.63) is 95.1 Å². The van der Waals surface area contributed by atoms with Gasteiger partial charge in [0.1, 0.15) is 6.04 Å². The van der Waals surface area contributed by atoms with Gasteiger partial charge in [-0.25, -0.2) is 4.79 Å². The molecule has 0 heterocycles. The summed E-state index contributed by atoms with van der Waals surface area (Å²) in [5.41, 5.74) is 5.85. The summed E-state index contributed by atoms with van der Waals surface area (Å²) in [5, 5.41) is 12.5. The second-order valence-electron chi connectivity index (χ2n) is 11.2. The van der Waals surface area contributed by atoms with Gasteiger partial charge in [-0.2, -0.15) is 11.8 Å². The van der Waals surface area contributed by atoms with Gasteiger partial charge in [-0.15, -0.1) is 0 Å². The molecule has 1 aliphatic rings. The first-order valence-electron chi connectivity index (χ1n) is 13.7. The van der Waals surface area contributed by atoms with E-state index in [2.05, 4.69) is 60.5 Å². The maximum Gasteiger partial charge on any atom is 0.326 e. The van der Waals surface area contributed by atoms with Crippen molar-refractivity contribution < 1.29 is 14.7 Å². The van der Waals surface area contributed by atoms with Crippen LogP contribution in [0.4, 0.5) is 0 Å². The molecule has 1 fully saturated rings. The molecule has 206 valence electrons. The third kappa shape index (κ3) is 7.52. The van der Waals surface area contributed by atoms with Gasteiger partial charge in [0.05, 0.1) is 0 Å². The van der Waals surface area contributed by atoms with E-state index in [9.17, 15) is 14.7 Å². The van der Waals surface area contributed by atoms with Crippen molar-refractivity contribution in [3.8, 4) is 11.1 Å². The van der Waals surface area contributed by atoms with Gasteiger partial charge in [-0.05, 0) is 98.4 Å². The number of amides is 1. The van der Waals surface area contributed by atoms with Gasteiger partial charge in [-0.1, -0.05) is 60.7 Å². The van der Waals surface area contributed by atoms with E-state index in [1.807, 2.05) is 49.6 Å². The van der Waals surface area contributed by atoms with Crippen molar-refractivity contribution in [1.29, 1.82) is 0 Å². The second-order valence-corrected chi connectivity index (χ2v) is 12.2. The molecule has 39 heavy (non-hydrogen) atoms. The van der Waals surface area contributed by atoms with Gasteiger partial charge in [0.25, 0.3) is 5.91 Å². The van der Waals surface area contributed by atoms with Crippen LogP contribution in [0.2, 0.25) is 0 Å². The van der Waals surface area contributed by atoms with Crippen LogP contribution in [0.15, 0.2) is 72.8 Å². The first kappa shape index (κ1) is 28.9. The smallest absolute Gasteiger partial charge is 0.326 e. The van der Waals surface area contributed by atoms with Crippen LogP contribution >= 0.6 is 11.8 Å². The van der Waals surface area contributed by atoms with E-state index in [0.29, 0.717) is 23.8 Å². The molecule has 0 aromatic heterocycles. The number of rotatable bonds is 13. The zero-order valence-corrected chi connectivity index (χ0v) is 24.3. The molecule has 1 aliphatic carbocycles. The number of aryl methyl sites for hydroxylation is 1. The summed E-state index contributed by atoms with van der Waals surface area (Å²) in [4.78, 5) is 27.9. The predicted molar refractivity (Wildman–Crippen MR) is 161 cm³/mol. The summed E-state index contributed by atoms with van der Waals surface area (Å²) in [6.07, 6.45) is 5.68. The summed E-state index contributed by atoms with van der Waals surface area (Å²) in [7, 11) is 0. The first-order chi connectivity index (χ1) is 18.7. The fraction of sp³-hybridized carbons (Fsp3) is 0.394. The fourth-order valence-corrected chi connectivity index (χ4v) is 5.80. The van der Waals surface area contributed by atoms with Gasteiger partial charge in [0, 0.05) is 23.7 Å². The highest BCUT2D eigenvalue weighted by molar-refractivity contribution is 7.98. The third-order valence-electron chi connectivity index (χ3n) is 7.58. The Bertz CT molecular complexity index is 1290. The maximum atomic E-state index is 13.5. The van der Waals surface area contributed by atoms with Crippen molar-refractivity contribution in [1.82, 2.24) is 10.2 Å². The summed E-state index contributed by atoms with van der Waals surface area (Å²) < 4.78 is 0. The van der Waals surface area contributed by atoms with E-state index in [1.165, 1.54) is 18.4 Å². The summed E-state index contributed by atoms with van der Waals surface area (Å²) in [6.45, 7) is 7.48. The molecule has 1 amide bonds. The Morgan fingerprint density at radius 3 is 2.33 bits per heavy atom. The molecule has 0 unspecified atom stereocenters. The molecule has 1 atom stereocenters. The Balaban J connectivity index is 1.65. The lowest BCUT2D eigenvalue weighted by atomic mass is 9.90. The molecular weight excluding hydrogens is 504 g/mol. The number of hydrogen-bond acceptors (Lipinski definition) is 4. The molecule has 6 heteroatoms. The Morgan fingerprint density at radius 2 is 1.69 bits per heavy atom. The number of hydrogen-bond donors (Lipinski definition) is 2. The van der Waals surface area contributed by atoms with Crippen molar-refractivity contribution in [2.24, 2.45) is 0 Å². The number of carbonyl (C=O) groups is 2. The van der Waals surface area contributed by atoms with Crippen molar-refractivity contribution >= 4 is 23.6 Å². The van der Waals surface area contributed by atoms with Gasteiger partial charge in [-0.3, -0.25) is 9.69 Å². The van der Waals surface area contributed by atoms with Crippen LogP contribution in [-0.4, -0.2) is 51.5 Å². The highest BCUT2D eigenvalue weighted by Crippen LogP contribution is 2.37. The molecule has 0 bridgehead atoms. The van der Waals surface area contributed by atoms with Crippen molar-refractivity contribution in [3.63, 3.8) is 0 Å². The van der Waals surface area contributed by atoms with E-state index >= 15 is 0 Å². The summed E-state index contributed by atoms with van der Waals surface area (Å²) in [6, 6.07) is 24.4. The Hall–Kier alpha value is -3.09. The lowest BCUT2D eigenvalue weighted by Gasteiger charge is -2.39. The largest absolute Gasteiger partial charge is 0.480 e. The van der Waals surface area contributed by atoms with Gasteiger partial charge < -0.3 is 10.4 Å². The Kier molecular flexibility index (Phi) is 9.52. The van der Waals surface area contributed by atoms with Crippen molar-refractivity contribution in [2.45, 2.75) is 70.6 Å². The topological polar surface area (TPSA) is 69.6 Å². The van der Waals surface area contributed by atoms with Gasteiger partial charge >= 0.3 is 5.97 Å². The average Bonchev–Trinajstić information content (AvgIpc) is 3.75. The molecule has 0 spiro atoms. The van der Waals surface area contributed by atoms with E-state index in [0.717, 1.165) is 35.2 Å². The number of thioether (sulfide) groups is 1. The number of carboxylic acid groups (broad SMARTS) is 1. The Morgan fingerprint density at radius 1 is 1.00 bits per heavy atom. The second kappa shape index (κ2) is 12.8. The standard InChI is InChI=1S/C33H40N2O3S/c1-23-10-8-9-13-27(23)29-20-25(14-17-28(29)31(36)34-30(32(37)38)18-19-39-4)22-35(26-15-16-26)33(2,3)21-24-11-6-5-7-12-24/h5-14,17,20,26,30H,15-16,18-19,21-22H2,1-4H3,(H,34,36)(H,37,38)/t30-/m0/s1. The predicted octanol–water partition coefficient (Wildman–Crippen LogP) is 6.58. The number of carbonyl (C=O) groups excluding carboxylic acids is 1. The molecular formula is C33H40N2O3S. The van der Waals surface area contributed by atoms with Crippen LogP contribution in [0.5, 0.6) is 0 Å². The van der Waals surface area contributed by atoms with E-state index < -0.39 is 12.0 Å². The highest BCUT2D eigenvalue weighted by Gasteiger charge is 2.38. The van der Waals surface area contributed by atoms with Crippen LogP contribution in [0.3, 0.4) is 0 Å². The number of nitrogens with zero attached hydrogens (tertiary/aromatic N) is 1. The van der Waals surface area contributed by atoms with Crippen LogP contribution < -0.4 is 5.32 Å². The van der Waals surface area contributed by atoms with Gasteiger partial charge in [0.15, 0.2) is 0 Å². The number of nitrogens with one attached hydrogen (secondary N) is 1. The zero-order chi connectivity index (χ0) is 28.0. The monoisotopic (exact) mass is 544 g/mol. The molecule has 3 aromatic rings. The van der Waals surface area contributed by atoms with Crippen LogP contribution in [-0.2, 0) is 17.8 Å². The normalized spacial score (nSPS) is 14.3. The fourth-order valence-electron chi connectivity index (χ4n) is 5.33. The highest BCUT2D eigenvalue weighted by atomic mass is 32.2. The van der Waals surface area contributed by atoms with E-state index in [4.69, 9.17) is 0 Å². The Labute approximate surface area is 237 Å². The molecule has 0 aliphatic heterocycles. The van der Waals surface area contributed by atoms with E-state index in [-0.39, 0.29) is 11.4 Å². The maximum absolute atomic E-state index is 13.5. The lowest BCUT2D eigenvalue weighted by Crippen LogP contribution is -2.46. The van der Waals surface area contributed by atoms with Crippen LogP contribution in [0.25, 0.3) is 11.1 Å². The quantitative estimate of drug-likeness (QED) is 0.254. The molecule has 2 N–H and O–H groups in total. The molecule has 0 radical (unpaired) electrons. The molecule has 1 saturated carbocycles. The number of carboxylic acids is 1.